The van der Waals surface area contributed by atoms with E-state index in [9.17, 15) is 14.4 Å². The minimum absolute atomic E-state index is 0.202. The van der Waals surface area contributed by atoms with Gasteiger partial charge in [0.25, 0.3) is 5.91 Å². The Morgan fingerprint density at radius 3 is 2.35 bits per heavy atom. The van der Waals surface area contributed by atoms with Gasteiger partial charge in [0, 0.05) is 17.6 Å². The number of hydrogen-bond donors (Lipinski definition) is 3. The first-order valence-electron chi connectivity index (χ1n) is 8.26. The van der Waals surface area contributed by atoms with Gasteiger partial charge in [-0.05, 0) is 42.7 Å². The van der Waals surface area contributed by atoms with Crippen LogP contribution in [0, 0.1) is 0 Å². The van der Waals surface area contributed by atoms with Crippen LogP contribution in [-0.2, 0) is 16.1 Å². The van der Waals surface area contributed by atoms with Crippen molar-refractivity contribution < 1.29 is 14.4 Å². The van der Waals surface area contributed by atoms with Crippen molar-refractivity contribution in [2.45, 2.75) is 25.4 Å². The number of benzene rings is 2. The summed E-state index contributed by atoms with van der Waals surface area (Å²) in [6, 6.07) is 13.7. The molecule has 2 aromatic rings. The zero-order valence-electron chi connectivity index (χ0n) is 13.9. The number of anilines is 1. The second kappa shape index (κ2) is 8.01. The number of rotatable bonds is 5. The van der Waals surface area contributed by atoms with Gasteiger partial charge in [0.15, 0.2) is 0 Å². The highest BCUT2D eigenvalue weighted by molar-refractivity contribution is 6.40. The molecule has 3 N–H and O–H groups in total. The lowest BCUT2D eigenvalue weighted by atomic mass is 10.1. The Bertz CT molecular complexity index is 832. The quantitative estimate of drug-likeness (QED) is 0.706. The third kappa shape index (κ3) is 4.83. The summed E-state index contributed by atoms with van der Waals surface area (Å²) in [4.78, 5) is 36.4. The fourth-order valence-electron chi connectivity index (χ4n) is 2.32. The molecule has 0 aromatic heterocycles. The zero-order valence-corrected chi connectivity index (χ0v) is 14.7. The third-order valence-corrected chi connectivity index (χ3v) is 4.16. The van der Waals surface area contributed by atoms with E-state index in [1.54, 1.807) is 48.5 Å². The van der Waals surface area contributed by atoms with E-state index in [0.29, 0.717) is 16.3 Å². The fourth-order valence-corrected chi connectivity index (χ4v) is 2.45. The molecule has 134 valence electrons. The predicted molar refractivity (Wildman–Crippen MR) is 98.9 cm³/mol. The van der Waals surface area contributed by atoms with E-state index in [-0.39, 0.29) is 18.5 Å². The van der Waals surface area contributed by atoms with E-state index in [1.165, 1.54) is 0 Å². The van der Waals surface area contributed by atoms with Crippen LogP contribution in [0.25, 0.3) is 0 Å². The first-order chi connectivity index (χ1) is 12.5. The second-order valence-electron chi connectivity index (χ2n) is 6.06. The molecule has 0 unspecified atom stereocenters. The van der Waals surface area contributed by atoms with Crippen molar-refractivity contribution in [2.24, 2.45) is 0 Å². The van der Waals surface area contributed by atoms with Crippen LogP contribution in [0.5, 0.6) is 0 Å². The van der Waals surface area contributed by atoms with E-state index >= 15 is 0 Å². The van der Waals surface area contributed by atoms with E-state index in [4.69, 9.17) is 11.6 Å². The van der Waals surface area contributed by atoms with Crippen molar-refractivity contribution in [3.63, 3.8) is 0 Å². The molecule has 1 fully saturated rings. The van der Waals surface area contributed by atoms with Gasteiger partial charge in [0.05, 0.1) is 11.3 Å². The maximum atomic E-state index is 12.2. The number of amides is 3. The lowest BCUT2D eigenvalue weighted by molar-refractivity contribution is -0.136. The molecule has 26 heavy (non-hydrogen) atoms. The second-order valence-corrected chi connectivity index (χ2v) is 6.49. The van der Waals surface area contributed by atoms with Crippen LogP contribution in [0.2, 0.25) is 5.02 Å². The van der Waals surface area contributed by atoms with Crippen LogP contribution in [0.4, 0.5) is 5.69 Å². The van der Waals surface area contributed by atoms with Crippen LogP contribution in [0.15, 0.2) is 48.5 Å². The average molecular weight is 372 g/mol. The Hall–Kier alpha value is -2.86. The molecule has 2 aromatic carbocycles. The SMILES string of the molecule is O=C(NCc1ccc(Cl)cc1)C(=O)Nc1ccccc1C(=O)NC1CC1. The van der Waals surface area contributed by atoms with Gasteiger partial charge in [-0.3, -0.25) is 14.4 Å². The van der Waals surface area contributed by atoms with Gasteiger partial charge in [-0.15, -0.1) is 0 Å². The third-order valence-electron chi connectivity index (χ3n) is 3.91. The molecule has 0 saturated heterocycles. The molecule has 7 heteroatoms. The average Bonchev–Trinajstić information content (AvgIpc) is 3.45. The topological polar surface area (TPSA) is 87.3 Å². The molecule has 1 saturated carbocycles. The molecular weight excluding hydrogens is 354 g/mol. The van der Waals surface area contributed by atoms with Gasteiger partial charge in [-0.2, -0.15) is 0 Å². The lowest BCUT2D eigenvalue weighted by Crippen LogP contribution is -2.35. The molecule has 0 radical (unpaired) electrons. The summed E-state index contributed by atoms with van der Waals surface area (Å²) >= 11 is 5.81. The van der Waals surface area contributed by atoms with Crippen molar-refractivity contribution in [2.75, 3.05) is 5.32 Å². The molecule has 6 nitrogen and oxygen atoms in total. The summed E-state index contributed by atoms with van der Waals surface area (Å²) < 4.78 is 0. The molecule has 0 heterocycles. The van der Waals surface area contributed by atoms with Crippen molar-refractivity contribution in [1.82, 2.24) is 10.6 Å². The minimum Gasteiger partial charge on any atom is -0.349 e. The lowest BCUT2D eigenvalue weighted by Gasteiger charge is -2.11. The van der Waals surface area contributed by atoms with E-state index < -0.39 is 11.8 Å². The number of carbonyl (C=O) groups excluding carboxylic acids is 3. The first-order valence-corrected chi connectivity index (χ1v) is 8.64. The van der Waals surface area contributed by atoms with Crippen molar-refractivity contribution in [1.29, 1.82) is 0 Å². The summed E-state index contributed by atoms with van der Waals surface area (Å²) in [5.41, 5.74) is 1.45. The largest absolute Gasteiger partial charge is 0.349 e. The molecule has 1 aliphatic carbocycles. The first kappa shape index (κ1) is 17.9. The molecule has 3 rings (SSSR count). The van der Waals surface area contributed by atoms with E-state index in [0.717, 1.165) is 18.4 Å². The van der Waals surface area contributed by atoms with E-state index in [2.05, 4.69) is 16.0 Å². The smallest absolute Gasteiger partial charge is 0.313 e. The highest BCUT2D eigenvalue weighted by Crippen LogP contribution is 2.21. The number of halogens is 1. The maximum absolute atomic E-state index is 12.2. The molecule has 0 atom stereocenters. The van der Waals surface area contributed by atoms with Gasteiger partial charge in [0.1, 0.15) is 0 Å². The molecule has 0 aliphatic heterocycles. The van der Waals surface area contributed by atoms with Crippen LogP contribution in [0.1, 0.15) is 28.8 Å². The van der Waals surface area contributed by atoms with Gasteiger partial charge < -0.3 is 16.0 Å². The summed E-state index contributed by atoms with van der Waals surface area (Å²) in [5.74, 6) is -1.87. The number of para-hydroxylation sites is 1. The van der Waals surface area contributed by atoms with Gasteiger partial charge in [-0.1, -0.05) is 35.9 Å². The van der Waals surface area contributed by atoms with Gasteiger partial charge in [-0.25, -0.2) is 0 Å². The van der Waals surface area contributed by atoms with Crippen LogP contribution >= 0.6 is 11.6 Å². The van der Waals surface area contributed by atoms with Crippen LogP contribution in [-0.4, -0.2) is 23.8 Å². The highest BCUT2D eigenvalue weighted by Gasteiger charge is 2.25. The van der Waals surface area contributed by atoms with E-state index in [1.807, 2.05) is 0 Å². The fraction of sp³-hybridized carbons (Fsp3) is 0.211. The van der Waals surface area contributed by atoms with Crippen molar-refractivity contribution >= 4 is 35.0 Å². The predicted octanol–water partition coefficient (Wildman–Crippen LogP) is 2.49. The Morgan fingerprint density at radius 1 is 0.962 bits per heavy atom. The summed E-state index contributed by atoms with van der Waals surface area (Å²) in [6.45, 7) is 0.202. The summed E-state index contributed by atoms with van der Waals surface area (Å²) in [5, 5.41) is 8.49. The summed E-state index contributed by atoms with van der Waals surface area (Å²) in [6.07, 6.45) is 1.93. The van der Waals surface area contributed by atoms with Gasteiger partial charge >= 0.3 is 11.8 Å². The molecule has 0 spiro atoms. The molecule has 0 bridgehead atoms. The number of carbonyl (C=O) groups is 3. The molecule has 1 aliphatic rings. The standard InChI is InChI=1S/C19H18ClN3O3/c20-13-7-5-12(6-8-13)11-21-18(25)19(26)23-16-4-2-1-3-15(16)17(24)22-14-9-10-14/h1-8,14H,9-11H2,(H,21,25)(H,22,24)(H,23,26). The Balaban J connectivity index is 1.59. The molecular formula is C19H18ClN3O3. The highest BCUT2D eigenvalue weighted by atomic mass is 35.5. The van der Waals surface area contributed by atoms with Gasteiger partial charge in [0.2, 0.25) is 0 Å². The molecule has 3 amide bonds. The minimum atomic E-state index is -0.828. The Kier molecular flexibility index (Phi) is 5.53. The van der Waals surface area contributed by atoms with Crippen LogP contribution < -0.4 is 16.0 Å². The Labute approximate surface area is 155 Å². The van der Waals surface area contributed by atoms with Crippen LogP contribution in [0.3, 0.4) is 0 Å². The normalized spacial score (nSPS) is 13.0. The van der Waals surface area contributed by atoms with Crippen molar-refractivity contribution in [3.05, 3.63) is 64.7 Å². The number of nitrogens with one attached hydrogen (secondary N) is 3. The summed E-state index contributed by atoms with van der Waals surface area (Å²) in [7, 11) is 0. The monoisotopic (exact) mass is 371 g/mol. The maximum Gasteiger partial charge on any atom is 0.313 e. The number of hydrogen-bond acceptors (Lipinski definition) is 3. The van der Waals surface area contributed by atoms with Crippen molar-refractivity contribution in [3.8, 4) is 0 Å². The zero-order chi connectivity index (χ0) is 18.5. The Morgan fingerprint density at radius 2 is 1.65 bits per heavy atom.